The molecule has 160 valence electrons. The monoisotopic (exact) mass is 412 g/mol. The van der Waals surface area contributed by atoms with Crippen LogP contribution in [0.25, 0.3) is 0 Å². The predicted octanol–water partition coefficient (Wildman–Crippen LogP) is 3.43. The topological polar surface area (TPSA) is 42.0 Å². The van der Waals surface area contributed by atoms with E-state index in [-0.39, 0.29) is 12.2 Å². The van der Waals surface area contributed by atoms with Gasteiger partial charge in [0, 0.05) is 32.0 Å². The number of hydrogen-bond donors (Lipinski definition) is 0. The molecule has 8 heteroatoms. The van der Waals surface area contributed by atoms with E-state index in [2.05, 4.69) is 4.90 Å². The molecule has 3 aliphatic rings. The van der Waals surface area contributed by atoms with Crippen molar-refractivity contribution in [1.82, 2.24) is 4.90 Å². The molecule has 0 radical (unpaired) electrons. The minimum absolute atomic E-state index is 0.0564. The van der Waals surface area contributed by atoms with Gasteiger partial charge >= 0.3 is 12.0 Å². The van der Waals surface area contributed by atoms with Crippen LogP contribution >= 0.6 is 0 Å². The summed E-state index contributed by atoms with van der Waals surface area (Å²) in [5.41, 5.74) is -0.818. The fourth-order valence-corrected chi connectivity index (χ4v) is 4.54. The first kappa shape index (κ1) is 20.6. The molecule has 1 aromatic rings. The molecule has 1 amide bonds. The van der Waals surface area contributed by atoms with Gasteiger partial charge in [0.25, 0.3) is 0 Å². The number of piperidine rings is 1. The zero-order valence-corrected chi connectivity index (χ0v) is 16.4. The Kier molecular flexibility index (Phi) is 5.86. The fraction of sp³-hybridized carbons (Fsp3) is 0.667. The van der Waals surface area contributed by atoms with Crippen molar-refractivity contribution >= 4 is 11.6 Å². The van der Waals surface area contributed by atoms with Gasteiger partial charge in [-0.1, -0.05) is 0 Å². The summed E-state index contributed by atoms with van der Waals surface area (Å²) in [5.74, 6) is -1.20. The van der Waals surface area contributed by atoms with Gasteiger partial charge in [-0.3, -0.25) is 4.79 Å². The van der Waals surface area contributed by atoms with E-state index in [1.165, 1.54) is 24.3 Å². The minimum Gasteiger partial charge on any atom is -0.381 e. The van der Waals surface area contributed by atoms with Crippen LogP contribution in [0.1, 0.15) is 32.1 Å². The Morgan fingerprint density at radius 2 is 1.72 bits per heavy atom. The Morgan fingerprint density at radius 1 is 1.07 bits per heavy atom. The molecule has 4 rings (SSSR count). The van der Waals surface area contributed by atoms with E-state index in [4.69, 9.17) is 9.47 Å². The molecule has 1 spiro atoms. The van der Waals surface area contributed by atoms with Crippen molar-refractivity contribution in [2.45, 2.75) is 43.8 Å². The Balaban J connectivity index is 1.39. The van der Waals surface area contributed by atoms with Gasteiger partial charge in [0.2, 0.25) is 0 Å². The molecule has 0 unspecified atom stereocenters. The van der Waals surface area contributed by atoms with Gasteiger partial charge in [0.15, 0.2) is 0 Å². The summed E-state index contributed by atoms with van der Waals surface area (Å²) >= 11 is 0. The molecule has 29 heavy (non-hydrogen) atoms. The Bertz CT molecular complexity index is 714. The van der Waals surface area contributed by atoms with Crippen molar-refractivity contribution in [3.05, 3.63) is 30.1 Å². The van der Waals surface area contributed by atoms with E-state index >= 15 is 0 Å². The molecular weight excluding hydrogens is 385 g/mol. The lowest BCUT2D eigenvalue weighted by molar-refractivity contribution is -0.293. The molecular formula is C21H27F3N2O3. The zero-order chi connectivity index (χ0) is 20.5. The van der Waals surface area contributed by atoms with Crippen molar-refractivity contribution in [3.8, 4) is 0 Å². The highest BCUT2D eigenvalue weighted by molar-refractivity contribution is 5.98. The predicted molar refractivity (Wildman–Crippen MR) is 101 cm³/mol. The molecule has 0 bridgehead atoms. The van der Waals surface area contributed by atoms with Crippen LogP contribution in [0.5, 0.6) is 0 Å². The van der Waals surface area contributed by atoms with E-state index in [1.54, 1.807) is 0 Å². The molecule has 1 aromatic carbocycles. The molecule has 3 fully saturated rings. The summed E-state index contributed by atoms with van der Waals surface area (Å²) in [6.45, 7) is 3.96. The second-order valence-corrected chi connectivity index (χ2v) is 8.36. The molecule has 3 heterocycles. The molecule has 0 aromatic heterocycles. The van der Waals surface area contributed by atoms with E-state index in [0.29, 0.717) is 31.8 Å². The van der Waals surface area contributed by atoms with Crippen LogP contribution in [0, 0.1) is 11.7 Å². The third-order valence-corrected chi connectivity index (χ3v) is 6.39. The zero-order valence-electron chi connectivity index (χ0n) is 16.4. The van der Waals surface area contributed by atoms with Gasteiger partial charge in [0.1, 0.15) is 5.82 Å². The Hall–Kier alpha value is -1.64. The number of likely N-dealkylation sites (tertiary alicyclic amines) is 1. The van der Waals surface area contributed by atoms with Gasteiger partial charge in [-0.05, 0) is 68.8 Å². The first-order valence-corrected chi connectivity index (χ1v) is 10.3. The fourth-order valence-electron chi connectivity index (χ4n) is 4.54. The van der Waals surface area contributed by atoms with E-state index in [1.807, 2.05) is 0 Å². The number of nitrogens with zero attached hydrogens (tertiary/aromatic N) is 2. The van der Waals surface area contributed by atoms with Crippen LogP contribution in [0.4, 0.5) is 18.9 Å². The number of carbonyl (C=O) groups excluding carboxylic acids is 1. The number of ether oxygens (including phenoxy) is 2. The highest BCUT2D eigenvalue weighted by Gasteiger charge is 2.57. The number of alkyl halides is 2. The second kappa shape index (κ2) is 8.24. The van der Waals surface area contributed by atoms with Gasteiger partial charge in [-0.2, -0.15) is 8.78 Å². The number of halogens is 3. The third kappa shape index (κ3) is 4.59. The van der Waals surface area contributed by atoms with E-state index < -0.39 is 23.4 Å². The van der Waals surface area contributed by atoms with Crippen LogP contribution < -0.4 is 4.90 Å². The van der Waals surface area contributed by atoms with Crippen molar-refractivity contribution in [2.75, 3.05) is 44.3 Å². The maximum Gasteiger partial charge on any atom is 0.437 e. The smallest absolute Gasteiger partial charge is 0.381 e. The summed E-state index contributed by atoms with van der Waals surface area (Å²) in [5, 5.41) is 0. The molecule has 0 atom stereocenters. The molecule has 3 aliphatic heterocycles. The third-order valence-electron chi connectivity index (χ3n) is 6.39. The van der Waals surface area contributed by atoms with Crippen LogP contribution in [0.2, 0.25) is 0 Å². The lowest BCUT2D eigenvalue weighted by Crippen LogP contribution is -2.64. The normalized spacial score (nSPS) is 25.5. The van der Waals surface area contributed by atoms with Crippen molar-refractivity contribution in [1.29, 1.82) is 0 Å². The van der Waals surface area contributed by atoms with Crippen LogP contribution in [-0.4, -0.2) is 61.9 Å². The lowest BCUT2D eigenvalue weighted by atomic mass is 9.88. The number of hydrogen-bond acceptors (Lipinski definition) is 4. The van der Waals surface area contributed by atoms with Crippen molar-refractivity contribution in [3.63, 3.8) is 0 Å². The maximum atomic E-state index is 14.4. The highest BCUT2D eigenvalue weighted by atomic mass is 19.3. The summed E-state index contributed by atoms with van der Waals surface area (Å²) in [6.07, 6.45) is 0.247. The van der Waals surface area contributed by atoms with E-state index in [0.717, 1.165) is 43.9 Å². The van der Waals surface area contributed by atoms with Gasteiger partial charge in [-0.25, -0.2) is 4.39 Å². The Morgan fingerprint density at radius 3 is 2.38 bits per heavy atom. The second-order valence-electron chi connectivity index (χ2n) is 8.36. The van der Waals surface area contributed by atoms with Crippen LogP contribution in [0.3, 0.4) is 0 Å². The molecule has 5 nitrogen and oxygen atoms in total. The van der Waals surface area contributed by atoms with Crippen LogP contribution in [-0.2, 0) is 14.3 Å². The quantitative estimate of drug-likeness (QED) is 0.760. The molecule has 0 N–H and O–H groups in total. The number of carbonyl (C=O) groups is 1. The average Bonchev–Trinajstić information content (AvgIpc) is 2.72. The molecule has 0 aliphatic carbocycles. The Labute approximate surface area is 168 Å². The summed E-state index contributed by atoms with van der Waals surface area (Å²) in [4.78, 5) is 15.6. The highest BCUT2D eigenvalue weighted by Crippen LogP contribution is 2.40. The van der Waals surface area contributed by atoms with Crippen LogP contribution in [0.15, 0.2) is 24.3 Å². The average molecular weight is 412 g/mol. The lowest BCUT2D eigenvalue weighted by Gasteiger charge is -2.49. The summed E-state index contributed by atoms with van der Waals surface area (Å²) in [6, 6.07) is 5.04. The van der Waals surface area contributed by atoms with Gasteiger partial charge in [0.05, 0.1) is 12.1 Å². The SMILES string of the molecule is O=C1N(c2ccc(F)cc2)CC2(CCN(CCC3CCOCC3)CC2)OC1(F)F. The largest absolute Gasteiger partial charge is 0.437 e. The van der Waals surface area contributed by atoms with Crippen molar-refractivity contribution in [2.24, 2.45) is 5.92 Å². The minimum atomic E-state index is -3.88. The first-order valence-electron chi connectivity index (χ1n) is 10.3. The van der Waals surface area contributed by atoms with Gasteiger partial charge in [-0.15, -0.1) is 0 Å². The number of rotatable bonds is 4. The first-order chi connectivity index (χ1) is 13.9. The van der Waals surface area contributed by atoms with Gasteiger partial charge < -0.3 is 19.3 Å². The molecule has 0 saturated carbocycles. The maximum absolute atomic E-state index is 14.4. The summed E-state index contributed by atoms with van der Waals surface area (Å²) in [7, 11) is 0. The van der Waals surface area contributed by atoms with Crippen molar-refractivity contribution < 1.29 is 27.4 Å². The number of benzene rings is 1. The number of anilines is 1. The molecule has 3 saturated heterocycles. The number of morpholine rings is 1. The summed E-state index contributed by atoms with van der Waals surface area (Å²) < 4.78 is 52.5. The standard InChI is InChI=1S/C21H27F3N2O3/c22-17-1-3-18(4-2-17)26-15-20(29-21(23,24)19(26)27)8-11-25(12-9-20)10-5-16-6-13-28-14-7-16/h1-4,16H,5-15H2. The number of amides is 1. The van der Waals surface area contributed by atoms with E-state index in [9.17, 15) is 18.0 Å².